The predicted molar refractivity (Wildman–Crippen MR) is 88.6 cm³/mol. The van der Waals surface area contributed by atoms with E-state index in [-0.39, 0.29) is 0 Å². The molecule has 104 valence electrons. The molecule has 2 aromatic rings. The largest absolute Gasteiger partial charge is 0.389 e. The number of thiocarbonyl (C=S) groups is 1. The van der Waals surface area contributed by atoms with Crippen molar-refractivity contribution in [3.63, 3.8) is 0 Å². The van der Waals surface area contributed by atoms with Crippen LogP contribution in [0.5, 0.6) is 0 Å². The molecule has 1 aromatic carbocycles. The Bertz CT molecular complexity index is 601. The Labute approximate surface area is 129 Å². The highest BCUT2D eigenvalue weighted by Gasteiger charge is 2.08. The summed E-state index contributed by atoms with van der Waals surface area (Å²) in [6.45, 7) is 0.836. The Kier molecular flexibility index (Phi) is 4.93. The molecule has 0 amide bonds. The van der Waals surface area contributed by atoms with Crippen LogP contribution in [0.4, 0.5) is 5.69 Å². The molecular formula is C15H16ClN3S. The van der Waals surface area contributed by atoms with Crippen molar-refractivity contribution in [2.24, 2.45) is 5.73 Å². The van der Waals surface area contributed by atoms with Crippen molar-refractivity contribution in [3.05, 3.63) is 58.9 Å². The third-order valence-electron chi connectivity index (χ3n) is 3.07. The number of hydrogen-bond acceptors (Lipinski definition) is 3. The average molecular weight is 306 g/mol. The molecule has 5 heteroatoms. The molecule has 3 nitrogen and oxygen atoms in total. The van der Waals surface area contributed by atoms with Crippen LogP contribution < -0.4 is 10.6 Å². The smallest absolute Gasteiger partial charge is 0.104 e. The normalized spacial score (nSPS) is 10.3. The van der Waals surface area contributed by atoms with E-state index in [9.17, 15) is 0 Å². The SMILES string of the molecule is CN(CCc1ccccn1)c1ccc(C(N)=S)cc1Cl. The highest BCUT2D eigenvalue weighted by atomic mass is 35.5. The standard InChI is InChI=1S/C15H16ClN3S/c1-19(9-7-12-4-2-3-8-18-12)14-6-5-11(15(17)20)10-13(14)16/h2-6,8,10H,7,9H2,1H3,(H2,17,20). The van der Waals surface area contributed by atoms with Crippen LogP contribution in [0.15, 0.2) is 42.6 Å². The Morgan fingerprint density at radius 3 is 2.75 bits per heavy atom. The molecule has 0 aliphatic heterocycles. The summed E-state index contributed by atoms with van der Waals surface area (Å²) in [5, 5.41) is 0.652. The number of anilines is 1. The van der Waals surface area contributed by atoms with E-state index in [0.29, 0.717) is 10.0 Å². The highest BCUT2D eigenvalue weighted by molar-refractivity contribution is 7.80. The molecule has 1 heterocycles. The van der Waals surface area contributed by atoms with E-state index in [0.717, 1.165) is 29.9 Å². The minimum Gasteiger partial charge on any atom is -0.389 e. The van der Waals surface area contributed by atoms with Gasteiger partial charge < -0.3 is 10.6 Å². The molecule has 0 bridgehead atoms. The Morgan fingerprint density at radius 2 is 2.15 bits per heavy atom. The van der Waals surface area contributed by atoms with Gasteiger partial charge in [-0.15, -0.1) is 0 Å². The van der Waals surface area contributed by atoms with Crippen LogP contribution in [-0.2, 0) is 6.42 Å². The summed E-state index contributed by atoms with van der Waals surface area (Å²) in [4.78, 5) is 6.76. The average Bonchev–Trinajstić information content (AvgIpc) is 2.45. The molecule has 1 aromatic heterocycles. The zero-order chi connectivity index (χ0) is 14.5. The van der Waals surface area contributed by atoms with Crippen LogP contribution in [0, 0.1) is 0 Å². The lowest BCUT2D eigenvalue weighted by atomic mass is 10.2. The van der Waals surface area contributed by atoms with Crippen LogP contribution in [0.3, 0.4) is 0 Å². The predicted octanol–water partition coefficient (Wildman–Crippen LogP) is 3.05. The van der Waals surface area contributed by atoms with Crippen molar-refractivity contribution in [2.45, 2.75) is 6.42 Å². The minimum absolute atomic E-state index is 0.356. The first-order valence-electron chi connectivity index (χ1n) is 6.28. The third-order valence-corrected chi connectivity index (χ3v) is 3.61. The summed E-state index contributed by atoms with van der Waals surface area (Å²) in [5.74, 6) is 0. The van der Waals surface area contributed by atoms with Crippen molar-refractivity contribution >= 4 is 34.5 Å². The molecule has 0 atom stereocenters. The van der Waals surface area contributed by atoms with E-state index in [2.05, 4.69) is 9.88 Å². The topological polar surface area (TPSA) is 42.2 Å². The summed E-state index contributed by atoms with van der Waals surface area (Å²) in [7, 11) is 2.00. The maximum Gasteiger partial charge on any atom is 0.104 e. The van der Waals surface area contributed by atoms with Crippen LogP contribution in [-0.4, -0.2) is 23.6 Å². The molecule has 0 aliphatic carbocycles. The van der Waals surface area contributed by atoms with Crippen LogP contribution >= 0.6 is 23.8 Å². The van der Waals surface area contributed by atoms with Crippen LogP contribution in [0.2, 0.25) is 5.02 Å². The van der Waals surface area contributed by atoms with Gasteiger partial charge in [0.25, 0.3) is 0 Å². The molecule has 0 aliphatic rings. The van der Waals surface area contributed by atoms with Crippen molar-refractivity contribution in [3.8, 4) is 0 Å². The Balaban J connectivity index is 2.06. The van der Waals surface area contributed by atoms with Gasteiger partial charge in [0.05, 0.1) is 10.7 Å². The first-order valence-corrected chi connectivity index (χ1v) is 7.07. The maximum atomic E-state index is 6.28. The van der Waals surface area contributed by atoms with Gasteiger partial charge in [0, 0.05) is 37.5 Å². The van der Waals surface area contributed by atoms with Gasteiger partial charge in [-0.05, 0) is 30.3 Å². The fraction of sp³-hybridized carbons (Fsp3) is 0.200. The monoisotopic (exact) mass is 305 g/mol. The molecule has 2 rings (SSSR count). The summed E-state index contributed by atoms with van der Waals surface area (Å²) < 4.78 is 0. The van der Waals surface area contributed by atoms with E-state index in [1.165, 1.54) is 0 Å². The molecular weight excluding hydrogens is 290 g/mol. The second kappa shape index (κ2) is 6.68. The second-order valence-electron chi connectivity index (χ2n) is 4.52. The van der Waals surface area contributed by atoms with Gasteiger partial charge in [-0.1, -0.05) is 29.9 Å². The van der Waals surface area contributed by atoms with Gasteiger partial charge in [-0.25, -0.2) is 0 Å². The molecule has 0 fully saturated rings. The third kappa shape index (κ3) is 3.68. The van der Waals surface area contributed by atoms with E-state index >= 15 is 0 Å². The zero-order valence-corrected chi connectivity index (χ0v) is 12.8. The van der Waals surface area contributed by atoms with E-state index < -0.39 is 0 Å². The lowest BCUT2D eigenvalue weighted by molar-refractivity contribution is 0.852. The molecule has 20 heavy (non-hydrogen) atoms. The van der Waals surface area contributed by atoms with E-state index in [4.69, 9.17) is 29.6 Å². The van der Waals surface area contributed by atoms with Gasteiger partial charge in [-0.3, -0.25) is 4.98 Å². The van der Waals surface area contributed by atoms with Gasteiger partial charge in [0.1, 0.15) is 4.99 Å². The number of hydrogen-bond donors (Lipinski definition) is 1. The first-order chi connectivity index (χ1) is 9.58. The van der Waals surface area contributed by atoms with Crippen LogP contribution in [0.25, 0.3) is 0 Å². The molecule has 0 unspecified atom stereocenters. The molecule has 2 N–H and O–H groups in total. The Morgan fingerprint density at radius 1 is 1.35 bits per heavy atom. The van der Waals surface area contributed by atoms with Crippen molar-refractivity contribution in [1.82, 2.24) is 4.98 Å². The van der Waals surface area contributed by atoms with Crippen LogP contribution in [0.1, 0.15) is 11.3 Å². The lowest BCUT2D eigenvalue weighted by Gasteiger charge is -2.20. The number of nitrogens with zero attached hydrogens (tertiary/aromatic N) is 2. The molecule has 0 radical (unpaired) electrons. The van der Waals surface area contributed by atoms with E-state index in [1.54, 1.807) is 12.3 Å². The number of rotatable bonds is 5. The molecule has 0 saturated heterocycles. The summed E-state index contributed by atoms with van der Waals surface area (Å²) >= 11 is 11.2. The lowest BCUT2D eigenvalue weighted by Crippen LogP contribution is -2.21. The quantitative estimate of drug-likeness (QED) is 0.862. The Hall–Kier alpha value is -1.65. The van der Waals surface area contributed by atoms with Gasteiger partial charge >= 0.3 is 0 Å². The van der Waals surface area contributed by atoms with Gasteiger partial charge in [0.2, 0.25) is 0 Å². The van der Waals surface area contributed by atoms with Gasteiger partial charge in [-0.2, -0.15) is 0 Å². The second-order valence-corrected chi connectivity index (χ2v) is 5.37. The van der Waals surface area contributed by atoms with Crippen molar-refractivity contribution in [2.75, 3.05) is 18.5 Å². The molecule has 0 spiro atoms. The number of likely N-dealkylation sites (N-methyl/N-ethyl adjacent to an activating group) is 1. The molecule has 0 saturated carbocycles. The number of pyridine rings is 1. The summed E-state index contributed by atoms with van der Waals surface area (Å²) in [5.41, 5.74) is 8.40. The summed E-state index contributed by atoms with van der Waals surface area (Å²) in [6.07, 6.45) is 2.67. The zero-order valence-electron chi connectivity index (χ0n) is 11.2. The first kappa shape index (κ1) is 14.8. The number of aromatic nitrogens is 1. The van der Waals surface area contributed by atoms with E-state index in [1.807, 2.05) is 37.4 Å². The summed E-state index contributed by atoms with van der Waals surface area (Å²) in [6, 6.07) is 11.6. The fourth-order valence-corrected chi connectivity index (χ4v) is 2.37. The van der Waals surface area contributed by atoms with Crippen molar-refractivity contribution < 1.29 is 0 Å². The van der Waals surface area contributed by atoms with Crippen molar-refractivity contribution in [1.29, 1.82) is 0 Å². The van der Waals surface area contributed by atoms with Gasteiger partial charge in [0.15, 0.2) is 0 Å². The fourth-order valence-electron chi connectivity index (χ4n) is 1.92. The minimum atomic E-state index is 0.356. The highest BCUT2D eigenvalue weighted by Crippen LogP contribution is 2.26. The number of halogens is 1. The number of benzene rings is 1. The number of nitrogens with two attached hydrogens (primary N) is 1. The maximum absolute atomic E-state index is 6.28.